The zero-order valence-corrected chi connectivity index (χ0v) is 16.4. The molecule has 2 aromatic heterocycles. The molecule has 0 bridgehead atoms. The van der Waals surface area contributed by atoms with Crippen LogP contribution in [-0.4, -0.2) is 35.4 Å². The monoisotopic (exact) mass is 367 g/mol. The van der Waals surface area contributed by atoms with Gasteiger partial charge in [-0.2, -0.15) is 5.10 Å². The Balaban J connectivity index is 1.78. The highest BCUT2D eigenvalue weighted by atomic mass is 16.3. The molecule has 0 saturated heterocycles. The molecular weight excluding hydrogens is 338 g/mol. The van der Waals surface area contributed by atoms with Gasteiger partial charge < -0.3 is 9.67 Å². The second-order valence-electron chi connectivity index (χ2n) is 7.98. The van der Waals surface area contributed by atoms with Crippen LogP contribution in [0.3, 0.4) is 0 Å². The van der Waals surface area contributed by atoms with Crippen molar-refractivity contribution in [2.24, 2.45) is 5.92 Å². The normalized spacial score (nSPS) is 13.0. The summed E-state index contributed by atoms with van der Waals surface area (Å²) in [6.45, 7) is 6.64. The molecule has 0 spiro atoms. The Morgan fingerprint density at radius 1 is 1.19 bits per heavy atom. The summed E-state index contributed by atoms with van der Waals surface area (Å²) in [4.78, 5) is 8.95. The average Bonchev–Trinajstić information content (AvgIpc) is 3.26. The van der Waals surface area contributed by atoms with Crippen LogP contribution in [0.4, 0.5) is 0 Å². The van der Waals surface area contributed by atoms with Gasteiger partial charge in [0.2, 0.25) is 0 Å². The van der Waals surface area contributed by atoms with Crippen molar-refractivity contribution in [3.05, 3.63) is 54.5 Å². The highest BCUT2D eigenvalue weighted by molar-refractivity contribution is 5.61. The number of nitrogens with one attached hydrogen (secondary N) is 1. The number of rotatable bonds is 9. The van der Waals surface area contributed by atoms with Crippen LogP contribution in [0.15, 0.2) is 43.0 Å². The molecule has 0 radical (unpaired) electrons. The van der Waals surface area contributed by atoms with E-state index in [4.69, 9.17) is 4.98 Å². The van der Waals surface area contributed by atoms with Gasteiger partial charge in [0.15, 0.2) is 0 Å². The minimum absolute atomic E-state index is 0.500. The van der Waals surface area contributed by atoms with Gasteiger partial charge in [-0.25, -0.2) is 9.97 Å². The summed E-state index contributed by atoms with van der Waals surface area (Å²) in [7, 11) is 0. The van der Waals surface area contributed by atoms with Crippen molar-refractivity contribution < 1.29 is 5.11 Å². The molecule has 3 aromatic rings. The number of aliphatic hydroxyl groups is 1. The first-order chi connectivity index (χ1) is 12.9. The number of nitrogens with zero attached hydrogens (tertiary/aromatic N) is 4. The van der Waals surface area contributed by atoms with Crippen molar-refractivity contribution >= 4 is 0 Å². The average molecular weight is 367 g/mol. The van der Waals surface area contributed by atoms with Gasteiger partial charge in [-0.1, -0.05) is 50.1 Å². The standard InChI is InChI=1S/C21H29N5O/c1-16(8-7-11-21(2,3)27)12-18-20(17-9-5-4-6-10-17)23-15-26(18)13-19-22-14-24-25-19/h4-6,9-10,14-16,27H,7-8,11-13H2,1-3H3,(H,22,24,25)/t16-/m1/s1. The van der Waals surface area contributed by atoms with Gasteiger partial charge in [0.05, 0.1) is 24.2 Å². The fourth-order valence-electron chi connectivity index (χ4n) is 3.38. The molecule has 0 fully saturated rings. The van der Waals surface area contributed by atoms with E-state index in [9.17, 15) is 5.11 Å². The van der Waals surface area contributed by atoms with E-state index in [1.54, 1.807) is 0 Å². The number of imidazole rings is 1. The minimum atomic E-state index is -0.594. The maximum Gasteiger partial charge on any atom is 0.144 e. The number of hydrogen-bond donors (Lipinski definition) is 2. The van der Waals surface area contributed by atoms with Crippen molar-refractivity contribution in [1.29, 1.82) is 0 Å². The van der Waals surface area contributed by atoms with Gasteiger partial charge in [-0.3, -0.25) is 5.10 Å². The van der Waals surface area contributed by atoms with E-state index in [1.165, 1.54) is 12.0 Å². The predicted octanol–water partition coefficient (Wildman–Crippen LogP) is 3.84. The molecule has 0 amide bonds. The first-order valence-electron chi connectivity index (χ1n) is 9.58. The molecule has 6 nitrogen and oxygen atoms in total. The van der Waals surface area contributed by atoms with Crippen LogP contribution in [0.2, 0.25) is 0 Å². The van der Waals surface area contributed by atoms with Crippen molar-refractivity contribution in [3.8, 4) is 11.3 Å². The maximum atomic E-state index is 9.94. The molecule has 6 heteroatoms. The molecule has 2 N–H and O–H groups in total. The summed E-state index contributed by atoms with van der Waals surface area (Å²) in [6, 6.07) is 10.3. The second-order valence-corrected chi connectivity index (χ2v) is 7.98. The van der Waals surface area contributed by atoms with Crippen LogP contribution in [0.1, 0.15) is 51.6 Å². The van der Waals surface area contributed by atoms with E-state index < -0.39 is 5.60 Å². The Morgan fingerprint density at radius 3 is 2.63 bits per heavy atom. The van der Waals surface area contributed by atoms with E-state index in [0.717, 1.165) is 42.8 Å². The van der Waals surface area contributed by atoms with Gasteiger partial charge in [-0.15, -0.1) is 0 Å². The van der Waals surface area contributed by atoms with Gasteiger partial charge >= 0.3 is 0 Å². The van der Waals surface area contributed by atoms with Crippen molar-refractivity contribution in [3.63, 3.8) is 0 Å². The zero-order valence-electron chi connectivity index (χ0n) is 16.4. The lowest BCUT2D eigenvalue weighted by molar-refractivity contribution is 0.0670. The molecule has 144 valence electrons. The summed E-state index contributed by atoms with van der Waals surface area (Å²) in [5.74, 6) is 1.32. The van der Waals surface area contributed by atoms with Crippen molar-refractivity contribution in [2.75, 3.05) is 0 Å². The number of H-pyrrole nitrogens is 1. The van der Waals surface area contributed by atoms with E-state index in [0.29, 0.717) is 12.5 Å². The third kappa shape index (κ3) is 5.50. The van der Waals surface area contributed by atoms with Crippen LogP contribution in [0.25, 0.3) is 11.3 Å². The lowest BCUT2D eigenvalue weighted by Crippen LogP contribution is -2.18. The summed E-state index contributed by atoms with van der Waals surface area (Å²) < 4.78 is 2.16. The fraction of sp³-hybridized carbons (Fsp3) is 0.476. The molecular formula is C21H29N5O. The molecule has 3 rings (SSSR count). The first kappa shape index (κ1) is 19.3. The van der Waals surface area contributed by atoms with Crippen LogP contribution in [-0.2, 0) is 13.0 Å². The van der Waals surface area contributed by atoms with E-state index >= 15 is 0 Å². The molecule has 0 saturated carbocycles. The highest BCUT2D eigenvalue weighted by Gasteiger charge is 2.18. The summed E-state index contributed by atoms with van der Waals surface area (Å²) in [5, 5.41) is 16.8. The Hall–Kier alpha value is -2.47. The Morgan fingerprint density at radius 2 is 1.96 bits per heavy atom. The van der Waals surface area contributed by atoms with Crippen LogP contribution in [0.5, 0.6) is 0 Å². The summed E-state index contributed by atoms with van der Waals surface area (Å²) in [5.41, 5.74) is 2.79. The third-order valence-electron chi connectivity index (χ3n) is 4.81. The molecule has 1 atom stereocenters. The number of aromatic amines is 1. The molecule has 0 aliphatic rings. The van der Waals surface area contributed by atoms with Crippen LogP contribution >= 0.6 is 0 Å². The van der Waals surface area contributed by atoms with Gasteiger partial charge in [0.25, 0.3) is 0 Å². The quantitative estimate of drug-likeness (QED) is 0.602. The highest BCUT2D eigenvalue weighted by Crippen LogP contribution is 2.27. The summed E-state index contributed by atoms with van der Waals surface area (Å²) in [6.07, 6.45) is 7.27. The number of benzene rings is 1. The Bertz CT molecular complexity index is 818. The van der Waals surface area contributed by atoms with Crippen LogP contribution in [0, 0.1) is 5.92 Å². The smallest absolute Gasteiger partial charge is 0.144 e. The maximum absolute atomic E-state index is 9.94. The van der Waals surface area contributed by atoms with E-state index in [2.05, 4.69) is 38.8 Å². The zero-order chi connectivity index (χ0) is 19.3. The molecule has 2 heterocycles. The topological polar surface area (TPSA) is 79.6 Å². The Kier molecular flexibility index (Phi) is 6.06. The largest absolute Gasteiger partial charge is 0.390 e. The molecule has 0 aliphatic carbocycles. The van der Waals surface area contributed by atoms with Gasteiger partial charge in [0, 0.05) is 11.3 Å². The molecule has 27 heavy (non-hydrogen) atoms. The lowest BCUT2D eigenvalue weighted by atomic mass is 9.93. The third-order valence-corrected chi connectivity index (χ3v) is 4.81. The predicted molar refractivity (Wildman–Crippen MR) is 106 cm³/mol. The van der Waals surface area contributed by atoms with Gasteiger partial charge in [-0.05, 0) is 32.6 Å². The second kappa shape index (κ2) is 8.48. The fourth-order valence-corrected chi connectivity index (χ4v) is 3.38. The SMILES string of the molecule is C[C@H](CCCC(C)(C)O)Cc1c(-c2ccccc2)ncn1Cc1ncn[nH]1. The van der Waals surface area contributed by atoms with E-state index in [1.807, 2.05) is 38.4 Å². The van der Waals surface area contributed by atoms with Crippen LogP contribution < -0.4 is 0 Å². The molecule has 1 aromatic carbocycles. The number of hydrogen-bond acceptors (Lipinski definition) is 4. The minimum Gasteiger partial charge on any atom is -0.390 e. The van der Waals surface area contributed by atoms with Crippen molar-refractivity contribution in [1.82, 2.24) is 24.7 Å². The first-order valence-corrected chi connectivity index (χ1v) is 9.58. The number of aromatic nitrogens is 5. The van der Waals surface area contributed by atoms with E-state index in [-0.39, 0.29) is 0 Å². The molecule has 0 unspecified atom stereocenters. The lowest BCUT2D eigenvalue weighted by Gasteiger charge is -2.19. The van der Waals surface area contributed by atoms with Gasteiger partial charge in [0.1, 0.15) is 12.2 Å². The van der Waals surface area contributed by atoms with Crippen molar-refractivity contribution in [2.45, 2.75) is 58.6 Å². The summed E-state index contributed by atoms with van der Waals surface area (Å²) >= 11 is 0. The Labute approximate surface area is 160 Å². The molecule has 0 aliphatic heterocycles.